The van der Waals surface area contributed by atoms with E-state index >= 15 is 0 Å². The minimum Gasteiger partial charge on any atom is -0.376 e. The van der Waals surface area contributed by atoms with Gasteiger partial charge in [-0.25, -0.2) is 4.98 Å². The van der Waals surface area contributed by atoms with E-state index in [1.165, 1.54) is 0 Å². The number of amides is 1. The fraction of sp³-hybridized carbons (Fsp3) is 0.750. The maximum Gasteiger partial charge on any atom is 0.251 e. The molecule has 3 atom stereocenters. The number of aromatic nitrogens is 2. The molecule has 0 aliphatic carbocycles. The predicted molar refractivity (Wildman–Crippen MR) is 81.5 cm³/mol. The zero-order valence-corrected chi connectivity index (χ0v) is 13.2. The van der Waals surface area contributed by atoms with Crippen molar-refractivity contribution in [2.45, 2.75) is 50.9 Å². The van der Waals surface area contributed by atoms with Crippen molar-refractivity contribution in [3.63, 3.8) is 0 Å². The quantitative estimate of drug-likeness (QED) is 0.829. The molecule has 2 saturated heterocycles. The highest BCUT2D eigenvalue weighted by Crippen LogP contribution is 2.22. The van der Waals surface area contributed by atoms with Gasteiger partial charge in [-0.05, 0) is 32.6 Å². The molecular formula is C16H25N3O3. The Bertz CT molecular complexity index is 471. The van der Waals surface area contributed by atoms with Gasteiger partial charge >= 0.3 is 0 Å². The third kappa shape index (κ3) is 3.67. The van der Waals surface area contributed by atoms with Crippen LogP contribution in [0.2, 0.25) is 0 Å². The molecule has 0 saturated carbocycles. The van der Waals surface area contributed by atoms with Gasteiger partial charge in [-0.3, -0.25) is 4.79 Å². The van der Waals surface area contributed by atoms with E-state index in [-0.39, 0.29) is 12.0 Å². The van der Waals surface area contributed by atoms with Crippen molar-refractivity contribution in [1.82, 2.24) is 14.5 Å². The van der Waals surface area contributed by atoms with Gasteiger partial charge in [-0.1, -0.05) is 0 Å². The lowest BCUT2D eigenvalue weighted by molar-refractivity contribution is -0.146. The Morgan fingerprint density at radius 1 is 1.45 bits per heavy atom. The number of piperidine rings is 1. The van der Waals surface area contributed by atoms with Gasteiger partial charge in [0.1, 0.15) is 6.10 Å². The van der Waals surface area contributed by atoms with Crippen molar-refractivity contribution in [1.29, 1.82) is 0 Å². The normalized spacial score (nSPS) is 27.0. The van der Waals surface area contributed by atoms with Crippen molar-refractivity contribution in [2.24, 2.45) is 0 Å². The summed E-state index contributed by atoms with van der Waals surface area (Å²) in [4.78, 5) is 18.6. The molecule has 0 bridgehead atoms. The molecule has 1 aromatic rings. The average Bonchev–Trinajstić information content (AvgIpc) is 3.25. The summed E-state index contributed by atoms with van der Waals surface area (Å²) >= 11 is 0. The zero-order chi connectivity index (χ0) is 15.4. The second-order valence-electron chi connectivity index (χ2n) is 6.20. The van der Waals surface area contributed by atoms with E-state index in [1.807, 2.05) is 24.3 Å². The highest BCUT2D eigenvalue weighted by molar-refractivity contribution is 5.80. The van der Waals surface area contributed by atoms with Crippen LogP contribution in [0.1, 0.15) is 38.6 Å². The van der Waals surface area contributed by atoms with Crippen LogP contribution in [0.3, 0.4) is 0 Å². The second-order valence-corrected chi connectivity index (χ2v) is 6.20. The fourth-order valence-corrected chi connectivity index (χ4v) is 3.24. The predicted octanol–water partition coefficient (Wildman–Crippen LogP) is 1.63. The van der Waals surface area contributed by atoms with Gasteiger partial charge in [-0.2, -0.15) is 0 Å². The van der Waals surface area contributed by atoms with E-state index in [9.17, 15) is 4.79 Å². The lowest BCUT2D eigenvalue weighted by atomic mass is 10.0. The van der Waals surface area contributed by atoms with Crippen LogP contribution in [-0.2, 0) is 14.3 Å². The molecule has 0 aromatic carbocycles. The minimum absolute atomic E-state index is 0.0859. The molecule has 2 aliphatic rings. The van der Waals surface area contributed by atoms with Gasteiger partial charge < -0.3 is 18.9 Å². The van der Waals surface area contributed by atoms with Gasteiger partial charge in [0.2, 0.25) is 0 Å². The van der Waals surface area contributed by atoms with E-state index in [0.29, 0.717) is 12.6 Å². The summed E-state index contributed by atoms with van der Waals surface area (Å²) in [5, 5.41) is 0. The second kappa shape index (κ2) is 7.24. The van der Waals surface area contributed by atoms with Crippen LogP contribution in [0.25, 0.3) is 0 Å². The maximum atomic E-state index is 12.6. The number of likely N-dealkylation sites (tertiary alicyclic amines) is 1. The van der Waals surface area contributed by atoms with Crippen molar-refractivity contribution in [3.8, 4) is 0 Å². The van der Waals surface area contributed by atoms with Crippen LogP contribution in [-0.4, -0.2) is 58.9 Å². The van der Waals surface area contributed by atoms with E-state index in [1.54, 1.807) is 6.20 Å². The Labute approximate surface area is 131 Å². The standard InChI is InChI=1S/C16H25N3O3/c1-13(22-11-15-5-3-9-21-15)16(20)18-7-2-4-14(10-18)19-8-6-17-12-19/h6,8,12-15H,2-5,7,9-11H2,1H3/t13-,14-,15-/m0/s1. The molecule has 1 amide bonds. The molecule has 3 rings (SSSR count). The van der Waals surface area contributed by atoms with E-state index < -0.39 is 6.10 Å². The SMILES string of the molecule is C[C@H](OC[C@@H]1CCCO1)C(=O)N1CCC[C@H](n2ccnc2)C1. The summed E-state index contributed by atoms with van der Waals surface area (Å²) in [6.45, 7) is 4.74. The molecule has 6 heteroatoms. The van der Waals surface area contributed by atoms with Crippen molar-refractivity contribution >= 4 is 5.91 Å². The average molecular weight is 307 g/mol. The Hall–Kier alpha value is -1.40. The van der Waals surface area contributed by atoms with Crippen LogP contribution in [0.5, 0.6) is 0 Å². The molecule has 0 radical (unpaired) electrons. The smallest absolute Gasteiger partial charge is 0.251 e. The highest BCUT2D eigenvalue weighted by Gasteiger charge is 2.28. The number of carbonyl (C=O) groups excluding carboxylic acids is 1. The van der Waals surface area contributed by atoms with Gasteiger partial charge in [0.05, 0.1) is 25.1 Å². The van der Waals surface area contributed by atoms with Crippen LogP contribution in [0.4, 0.5) is 0 Å². The first-order chi connectivity index (χ1) is 10.7. The number of rotatable bonds is 5. The minimum atomic E-state index is -0.397. The molecule has 0 unspecified atom stereocenters. The van der Waals surface area contributed by atoms with E-state index in [4.69, 9.17) is 9.47 Å². The number of hydrogen-bond donors (Lipinski definition) is 0. The fourth-order valence-electron chi connectivity index (χ4n) is 3.24. The molecule has 122 valence electrons. The zero-order valence-electron chi connectivity index (χ0n) is 13.2. The molecule has 1 aromatic heterocycles. The summed E-state index contributed by atoms with van der Waals surface area (Å²) in [5.74, 6) is 0.0859. The summed E-state index contributed by atoms with van der Waals surface area (Å²) in [6, 6.07) is 0.325. The first-order valence-corrected chi connectivity index (χ1v) is 8.23. The number of ether oxygens (including phenoxy) is 2. The summed E-state index contributed by atoms with van der Waals surface area (Å²) in [7, 11) is 0. The third-order valence-corrected chi connectivity index (χ3v) is 4.56. The number of nitrogens with zero attached hydrogens (tertiary/aromatic N) is 3. The van der Waals surface area contributed by atoms with Gasteiger partial charge in [0.25, 0.3) is 5.91 Å². The molecule has 2 fully saturated rings. The van der Waals surface area contributed by atoms with E-state index in [2.05, 4.69) is 9.55 Å². The van der Waals surface area contributed by atoms with Gasteiger partial charge in [-0.15, -0.1) is 0 Å². The monoisotopic (exact) mass is 307 g/mol. The molecule has 3 heterocycles. The number of imidazole rings is 1. The molecule has 2 aliphatic heterocycles. The number of carbonyl (C=O) groups is 1. The Morgan fingerprint density at radius 2 is 2.36 bits per heavy atom. The molecule has 0 spiro atoms. The largest absolute Gasteiger partial charge is 0.376 e. The first kappa shape index (κ1) is 15.5. The van der Waals surface area contributed by atoms with Crippen molar-refractivity contribution < 1.29 is 14.3 Å². The molecule has 6 nitrogen and oxygen atoms in total. The van der Waals surface area contributed by atoms with Crippen LogP contribution >= 0.6 is 0 Å². The lowest BCUT2D eigenvalue weighted by Crippen LogP contribution is -2.45. The Balaban J connectivity index is 1.50. The third-order valence-electron chi connectivity index (χ3n) is 4.56. The van der Waals surface area contributed by atoms with Gasteiger partial charge in [0, 0.05) is 32.1 Å². The topological polar surface area (TPSA) is 56.6 Å². The summed E-state index contributed by atoms with van der Waals surface area (Å²) < 4.78 is 13.4. The highest BCUT2D eigenvalue weighted by atomic mass is 16.5. The first-order valence-electron chi connectivity index (χ1n) is 8.23. The maximum absolute atomic E-state index is 12.6. The Kier molecular flexibility index (Phi) is 5.10. The van der Waals surface area contributed by atoms with Crippen molar-refractivity contribution in [2.75, 3.05) is 26.3 Å². The van der Waals surface area contributed by atoms with Crippen LogP contribution in [0, 0.1) is 0 Å². The van der Waals surface area contributed by atoms with Crippen LogP contribution in [0.15, 0.2) is 18.7 Å². The summed E-state index contributed by atoms with van der Waals surface area (Å²) in [6.07, 6.45) is 9.59. The summed E-state index contributed by atoms with van der Waals surface area (Å²) in [5.41, 5.74) is 0. The lowest BCUT2D eigenvalue weighted by Gasteiger charge is -2.34. The molecule has 0 N–H and O–H groups in total. The van der Waals surface area contributed by atoms with E-state index in [0.717, 1.165) is 45.4 Å². The van der Waals surface area contributed by atoms with Gasteiger partial charge in [0.15, 0.2) is 0 Å². The molecular weight excluding hydrogens is 282 g/mol. The van der Waals surface area contributed by atoms with Crippen molar-refractivity contribution in [3.05, 3.63) is 18.7 Å². The van der Waals surface area contributed by atoms with Crippen LogP contribution < -0.4 is 0 Å². The number of hydrogen-bond acceptors (Lipinski definition) is 4. The Morgan fingerprint density at radius 3 is 3.09 bits per heavy atom. The molecule has 22 heavy (non-hydrogen) atoms.